The summed E-state index contributed by atoms with van der Waals surface area (Å²) in [6.45, 7) is 19.7. The summed E-state index contributed by atoms with van der Waals surface area (Å²) in [6.07, 6.45) is 9.93. The Morgan fingerprint density at radius 2 is 0.714 bits per heavy atom. The molecule has 0 unspecified atom stereocenters. The Morgan fingerprint density at radius 3 is 1.05 bits per heavy atom. The van der Waals surface area contributed by atoms with Crippen LogP contribution in [0.15, 0.2) is 73.2 Å². The smallest absolute Gasteiger partial charge is 0.236 e. The molecule has 3 aliphatic heterocycles. The van der Waals surface area contributed by atoms with Gasteiger partial charge in [-0.15, -0.1) is 0 Å². The van der Waals surface area contributed by atoms with Crippen LogP contribution in [0.3, 0.4) is 0 Å². The van der Waals surface area contributed by atoms with Crippen LogP contribution in [0.1, 0.15) is 112 Å². The first-order valence-electron chi connectivity index (χ1n) is 34.8. The molecule has 3 saturated heterocycles. The average molecular weight is 1520 g/mol. The second kappa shape index (κ2) is 35.7. The molecule has 3 aromatic carbocycles. The van der Waals surface area contributed by atoms with E-state index in [0.717, 1.165) is 121 Å². The Bertz CT molecular complexity index is 4060. The predicted octanol–water partition coefficient (Wildman–Crippen LogP) is 13.8. The second-order valence-electron chi connectivity index (χ2n) is 27.8. The molecule has 6 aromatic heterocycles. The van der Waals surface area contributed by atoms with Gasteiger partial charge in [-0.2, -0.15) is 30.2 Å². The molecule has 3 amide bonds. The molecule has 105 heavy (non-hydrogen) atoms. The molecule has 3 fully saturated rings. The number of likely N-dealkylation sites (tertiary alicyclic amines) is 3. The highest BCUT2D eigenvalue weighted by molar-refractivity contribution is 6.34. The number of amides is 3. The number of H-pyrrole nitrogens is 3. The molecular weight excluding hydrogens is 1420 g/mol. The first kappa shape index (κ1) is 78.3. The van der Waals surface area contributed by atoms with E-state index in [2.05, 4.69) is 124 Å². The molecule has 3 aliphatic rings. The minimum Gasteiger partial charge on any atom is -0.342 e. The number of carbonyl (C=O) groups excluding carboxylic acids is 3. The van der Waals surface area contributed by atoms with Gasteiger partial charge in [0.15, 0.2) is 34.9 Å². The van der Waals surface area contributed by atoms with Gasteiger partial charge in [-0.25, -0.2) is 19.3 Å². The van der Waals surface area contributed by atoms with Crippen molar-refractivity contribution in [2.24, 2.45) is 0 Å². The number of aromatic nitrogens is 12. The summed E-state index contributed by atoms with van der Waals surface area (Å²) in [4.78, 5) is 74.8. The van der Waals surface area contributed by atoms with E-state index in [1.165, 1.54) is 23.5 Å². The summed E-state index contributed by atoms with van der Waals surface area (Å²) in [5, 5.41) is 41.6. The van der Waals surface area contributed by atoms with Crippen molar-refractivity contribution in [2.45, 2.75) is 105 Å². The van der Waals surface area contributed by atoms with Gasteiger partial charge in [-0.1, -0.05) is 58.5 Å². The maximum absolute atomic E-state index is 15.1. The molecule has 9 N–H and O–H groups in total. The van der Waals surface area contributed by atoms with Crippen LogP contribution in [0, 0.1) is 54.3 Å². The minimum absolute atomic E-state index is 0.134. The normalized spacial score (nSPS) is 14.4. The zero-order chi connectivity index (χ0) is 75.3. The molecule has 0 saturated carbocycles. The molecule has 0 bridgehead atoms. The molecule has 0 spiro atoms. The summed E-state index contributed by atoms with van der Waals surface area (Å²) in [5.41, 5.74) is 12.6. The van der Waals surface area contributed by atoms with E-state index in [0.29, 0.717) is 111 Å². The first-order chi connectivity index (χ1) is 50.1. The van der Waals surface area contributed by atoms with Gasteiger partial charge in [0.25, 0.3) is 0 Å². The van der Waals surface area contributed by atoms with Crippen molar-refractivity contribution < 1.29 is 18.8 Å². The number of benzene rings is 3. The van der Waals surface area contributed by atoms with Crippen LogP contribution in [-0.4, -0.2) is 209 Å². The highest BCUT2D eigenvalue weighted by atomic mass is 35.5. The largest absolute Gasteiger partial charge is 0.342 e. The van der Waals surface area contributed by atoms with Crippen molar-refractivity contribution in [1.29, 1.82) is 0 Å². The monoisotopic (exact) mass is 1510 g/mol. The van der Waals surface area contributed by atoms with E-state index < -0.39 is 0 Å². The topological polar surface area (TPSA) is 306 Å². The quantitative estimate of drug-likeness (QED) is 0.0323. The summed E-state index contributed by atoms with van der Waals surface area (Å²) in [5.74, 6) is 5.29. The van der Waals surface area contributed by atoms with Gasteiger partial charge >= 0.3 is 0 Å². The zero-order valence-electron chi connectivity index (χ0n) is 61.6. The van der Waals surface area contributed by atoms with Crippen LogP contribution in [-0.2, 0) is 14.4 Å². The Kier molecular flexibility index (Phi) is 26.6. The minimum atomic E-state index is -0.382. The Hall–Kier alpha value is -9.29. The van der Waals surface area contributed by atoms with Crippen molar-refractivity contribution >= 4 is 134 Å². The SMILES string of the molecule is Cc1cc(Nc2nc(Nc3cc(C)c(C4CCN(C(=O)CN(C)C)CC4)cc3C)ncc2Cl)n[nH]1.Cc1cc(Nc2nc(Nc3cc(C)c(C4CCN(C(=O)CN(C)C)CC4)cc3F)ncc2Cl)n[nH]1.Cc1cc(Nc2nc(Nc3cc(Cl)c(C4CCN(C(=O)CN(C)C)CC4)cc3C)ncc2Cl)n[nH]1. The molecule has 12 rings (SSSR count). The van der Waals surface area contributed by atoms with Gasteiger partial charge in [-0.3, -0.25) is 29.7 Å². The van der Waals surface area contributed by atoms with Crippen LogP contribution in [0.25, 0.3) is 0 Å². The third-order valence-electron chi connectivity index (χ3n) is 18.4. The van der Waals surface area contributed by atoms with E-state index >= 15 is 4.39 Å². The van der Waals surface area contributed by atoms with Crippen LogP contribution in [0.2, 0.25) is 20.1 Å². The molecule has 0 atom stereocenters. The molecule has 558 valence electrons. The molecular formula is C73H93Cl4FN24O3. The van der Waals surface area contributed by atoms with Crippen molar-refractivity contribution in [3.05, 3.63) is 155 Å². The number of nitrogens with one attached hydrogen (secondary N) is 9. The van der Waals surface area contributed by atoms with Gasteiger partial charge in [0.1, 0.15) is 20.9 Å². The van der Waals surface area contributed by atoms with Crippen molar-refractivity contribution in [2.75, 3.05) is 133 Å². The van der Waals surface area contributed by atoms with Gasteiger partial charge in [0.2, 0.25) is 35.6 Å². The number of aromatic amines is 3. The molecule has 9 heterocycles. The van der Waals surface area contributed by atoms with Gasteiger partial charge < -0.3 is 61.3 Å². The Balaban J connectivity index is 0.000000169. The van der Waals surface area contributed by atoms with Gasteiger partial charge in [0.05, 0.1) is 43.9 Å². The van der Waals surface area contributed by atoms with Crippen LogP contribution in [0.4, 0.5) is 74.2 Å². The molecule has 0 aliphatic carbocycles. The summed E-state index contributed by atoms with van der Waals surface area (Å²) >= 11 is 25.5. The Morgan fingerprint density at radius 1 is 0.410 bits per heavy atom. The number of aryl methyl sites for hydroxylation is 7. The summed E-state index contributed by atoms with van der Waals surface area (Å²) < 4.78 is 15.1. The fourth-order valence-corrected chi connectivity index (χ4v) is 13.7. The van der Waals surface area contributed by atoms with Crippen molar-refractivity contribution in [3.8, 4) is 0 Å². The maximum atomic E-state index is 15.1. The lowest BCUT2D eigenvalue weighted by atomic mass is 9.85. The maximum Gasteiger partial charge on any atom is 0.236 e. The highest BCUT2D eigenvalue weighted by Crippen LogP contribution is 2.40. The van der Waals surface area contributed by atoms with Crippen LogP contribution < -0.4 is 31.9 Å². The zero-order valence-corrected chi connectivity index (χ0v) is 64.6. The van der Waals surface area contributed by atoms with Crippen LogP contribution in [0.5, 0.6) is 0 Å². The van der Waals surface area contributed by atoms with E-state index in [1.807, 2.05) is 131 Å². The lowest BCUT2D eigenvalue weighted by Crippen LogP contribution is -2.42. The number of rotatable bonds is 21. The van der Waals surface area contributed by atoms with Crippen molar-refractivity contribution in [3.63, 3.8) is 0 Å². The number of piperidine rings is 3. The van der Waals surface area contributed by atoms with E-state index in [9.17, 15) is 14.4 Å². The van der Waals surface area contributed by atoms with Crippen molar-refractivity contribution in [1.82, 2.24) is 89.9 Å². The molecule has 0 radical (unpaired) electrons. The fraction of sp³-hybridized carbons (Fsp3) is 0.425. The number of nitrogens with zero attached hydrogens (tertiary/aromatic N) is 15. The lowest BCUT2D eigenvalue weighted by molar-refractivity contribution is -0.133. The average Bonchev–Trinajstić information content (AvgIpc) is 1.80. The highest BCUT2D eigenvalue weighted by Gasteiger charge is 2.30. The number of likely N-dealkylation sites (N-methyl/N-ethyl adjacent to an activating group) is 3. The summed E-state index contributed by atoms with van der Waals surface area (Å²) in [6, 6.07) is 17.3. The molecule has 27 nitrogen and oxygen atoms in total. The Labute approximate surface area is 632 Å². The standard InChI is InChI=1S/C25H33ClN8O.C24H30Cl2N8O.C24H30ClFN8O/c1-15-11-21(28-25-27-13-20(26)24(30-25)29-22-12-17(3)31-32-22)16(2)10-19(15)18-6-8-34(9-7-18)23(35)14-33(4)5;1-14-9-17(16-5-7-34(8-6-16)22(35)13-33(3)4)18(25)11-20(14)28-24-27-12-19(26)23(30-24)29-21-10-15(2)31-32-21;1-14-9-20(28-24-27-12-18(25)23(30-24)29-21-10-15(2)31-32-21)19(26)11-17(14)16-5-7-34(8-6-16)22(35)13-33(3)4/h10-13,18H,6-9,14H2,1-5H3,(H3,27,28,29,30,31,32);2*9-12,16H,5-8,13H2,1-4H3,(H3,27,28,29,30,31,32). The number of hydrogen-bond acceptors (Lipinski definition) is 21. The number of halogens is 5. The first-order valence-corrected chi connectivity index (χ1v) is 36.3. The van der Waals surface area contributed by atoms with E-state index in [1.54, 1.807) is 18.3 Å². The summed E-state index contributed by atoms with van der Waals surface area (Å²) in [7, 11) is 11.5. The van der Waals surface area contributed by atoms with Gasteiger partial charge in [-0.05, 0) is 210 Å². The van der Waals surface area contributed by atoms with Crippen LogP contribution >= 0.6 is 46.4 Å². The fourth-order valence-electron chi connectivity index (χ4n) is 12.9. The number of anilines is 12. The third-order valence-corrected chi connectivity index (χ3v) is 19.5. The van der Waals surface area contributed by atoms with E-state index in [4.69, 9.17) is 46.4 Å². The molecule has 32 heteroatoms. The lowest BCUT2D eigenvalue weighted by Gasteiger charge is -2.33. The number of hydrogen-bond donors (Lipinski definition) is 9. The van der Waals surface area contributed by atoms with E-state index in [-0.39, 0.29) is 41.1 Å². The second-order valence-corrected chi connectivity index (χ2v) is 29.4. The molecule has 9 aromatic rings. The number of carbonyl (C=O) groups is 3. The third kappa shape index (κ3) is 21.5. The van der Waals surface area contributed by atoms with Gasteiger partial charge in [0, 0.05) is 90.9 Å². The predicted molar refractivity (Wildman–Crippen MR) is 415 cm³/mol.